The number of rotatable bonds is 5. The summed E-state index contributed by atoms with van der Waals surface area (Å²) in [7, 11) is 1.54. The van der Waals surface area contributed by atoms with Gasteiger partial charge in [0.1, 0.15) is 11.6 Å². The maximum absolute atomic E-state index is 13.0. The number of benzene rings is 1. The average Bonchev–Trinajstić information content (AvgIpc) is 2.49. The summed E-state index contributed by atoms with van der Waals surface area (Å²) < 4.78 is 13.0. The quantitative estimate of drug-likeness (QED) is 0.882. The maximum Gasteiger partial charge on any atom is 0.271 e. The van der Waals surface area contributed by atoms with E-state index in [2.05, 4.69) is 20.8 Å². The Morgan fingerprint density at radius 3 is 2.67 bits per heavy atom. The van der Waals surface area contributed by atoms with Crippen LogP contribution in [0.15, 0.2) is 30.3 Å². The zero-order valence-electron chi connectivity index (χ0n) is 12.0. The predicted molar refractivity (Wildman–Crippen MR) is 78.8 cm³/mol. The summed E-state index contributed by atoms with van der Waals surface area (Å²) in [6, 6.07) is 8.08. The fourth-order valence-corrected chi connectivity index (χ4v) is 1.94. The highest BCUT2D eigenvalue weighted by atomic mass is 19.1. The summed E-state index contributed by atoms with van der Waals surface area (Å²) in [5.41, 5.74) is 2.29. The lowest BCUT2D eigenvalue weighted by Gasteiger charge is -2.08. The minimum atomic E-state index is -0.268. The minimum absolute atomic E-state index is 0.222. The van der Waals surface area contributed by atoms with Crippen LogP contribution in [-0.4, -0.2) is 29.7 Å². The molecule has 0 atom stereocenters. The highest BCUT2D eigenvalue weighted by molar-refractivity contribution is 5.91. The van der Waals surface area contributed by atoms with E-state index in [1.54, 1.807) is 25.2 Å². The fraction of sp³-hybridized carbons (Fsp3) is 0.267. The van der Waals surface area contributed by atoms with Gasteiger partial charge in [-0.25, -0.2) is 4.39 Å². The molecule has 0 aliphatic rings. The van der Waals surface area contributed by atoms with Gasteiger partial charge in [0.15, 0.2) is 5.69 Å². The van der Waals surface area contributed by atoms with Gasteiger partial charge >= 0.3 is 0 Å². The summed E-state index contributed by atoms with van der Waals surface area (Å²) >= 11 is 0. The van der Waals surface area contributed by atoms with Crippen LogP contribution in [-0.2, 0) is 6.42 Å². The number of carbonyl (C=O) groups excluding carboxylic acids is 1. The number of anilines is 1. The van der Waals surface area contributed by atoms with Gasteiger partial charge in [-0.3, -0.25) is 4.79 Å². The molecule has 1 amide bonds. The molecule has 21 heavy (non-hydrogen) atoms. The molecule has 0 radical (unpaired) electrons. The van der Waals surface area contributed by atoms with Gasteiger partial charge in [-0.1, -0.05) is 6.07 Å². The van der Waals surface area contributed by atoms with Crippen molar-refractivity contribution in [2.75, 3.05) is 18.9 Å². The van der Waals surface area contributed by atoms with E-state index < -0.39 is 0 Å². The predicted octanol–water partition coefficient (Wildman–Crippen LogP) is 1.94. The van der Waals surface area contributed by atoms with Gasteiger partial charge in [0.2, 0.25) is 0 Å². The SMILES string of the molecule is CNC(=O)c1ccc(NCCc2ccc(F)cc2C)nn1. The van der Waals surface area contributed by atoms with E-state index in [0.717, 1.165) is 17.5 Å². The Bertz CT molecular complexity index is 628. The van der Waals surface area contributed by atoms with Crippen molar-refractivity contribution in [3.63, 3.8) is 0 Å². The maximum atomic E-state index is 13.0. The molecule has 0 fully saturated rings. The molecule has 1 aromatic heterocycles. The topological polar surface area (TPSA) is 66.9 Å². The van der Waals surface area contributed by atoms with Gasteiger partial charge in [-0.2, -0.15) is 0 Å². The second kappa shape index (κ2) is 6.78. The molecule has 0 bridgehead atoms. The number of hydrogen-bond acceptors (Lipinski definition) is 4. The third-order valence-corrected chi connectivity index (χ3v) is 3.13. The summed E-state index contributed by atoms with van der Waals surface area (Å²) in [5.74, 6) is 0.110. The van der Waals surface area contributed by atoms with Crippen LogP contribution in [0.2, 0.25) is 0 Å². The summed E-state index contributed by atoms with van der Waals surface area (Å²) in [6.07, 6.45) is 0.755. The number of nitrogens with zero attached hydrogens (tertiary/aromatic N) is 2. The van der Waals surface area contributed by atoms with Crippen molar-refractivity contribution in [1.29, 1.82) is 0 Å². The number of amides is 1. The number of aromatic nitrogens is 2. The first-order valence-electron chi connectivity index (χ1n) is 6.65. The lowest BCUT2D eigenvalue weighted by molar-refractivity contribution is 0.0957. The first-order valence-corrected chi connectivity index (χ1v) is 6.65. The Kier molecular flexibility index (Phi) is 4.81. The highest BCUT2D eigenvalue weighted by Gasteiger charge is 2.05. The third-order valence-electron chi connectivity index (χ3n) is 3.13. The number of aryl methyl sites for hydroxylation is 1. The van der Waals surface area contributed by atoms with Crippen LogP contribution in [0.3, 0.4) is 0 Å². The molecular formula is C15H17FN4O. The van der Waals surface area contributed by atoms with E-state index in [1.165, 1.54) is 12.1 Å². The standard InChI is InChI=1S/C15H17FN4O/c1-10-9-12(16)4-3-11(10)7-8-18-14-6-5-13(19-20-14)15(21)17-2/h3-6,9H,7-8H2,1-2H3,(H,17,21)(H,18,20). The van der Waals surface area contributed by atoms with Crippen LogP contribution in [0.4, 0.5) is 10.2 Å². The van der Waals surface area contributed by atoms with E-state index in [0.29, 0.717) is 12.4 Å². The van der Waals surface area contributed by atoms with E-state index in [-0.39, 0.29) is 17.4 Å². The molecule has 1 heterocycles. The molecule has 0 unspecified atom stereocenters. The number of carbonyl (C=O) groups is 1. The molecular weight excluding hydrogens is 271 g/mol. The molecule has 2 N–H and O–H groups in total. The van der Waals surface area contributed by atoms with E-state index in [4.69, 9.17) is 0 Å². The van der Waals surface area contributed by atoms with Crippen molar-refractivity contribution in [3.05, 3.63) is 53.0 Å². The monoisotopic (exact) mass is 288 g/mol. The van der Waals surface area contributed by atoms with Gasteiger partial charge in [-0.05, 0) is 48.7 Å². The van der Waals surface area contributed by atoms with Gasteiger partial charge in [-0.15, -0.1) is 10.2 Å². The zero-order valence-corrected chi connectivity index (χ0v) is 12.0. The first kappa shape index (κ1) is 14.9. The molecule has 110 valence electrons. The van der Waals surface area contributed by atoms with Gasteiger partial charge in [0.05, 0.1) is 0 Å². The van der Waals surface area contributed by atoms with E-state index in [1.807, 2.05) is 6.92 Å². The Hall–Kier alpha value is -2.50. The highest BCUT2D eigenvalue weighted by Crippen LogP contribution is 2.11. The Balaban J connectivity index is 1.90. The van der Waals surface area contributed by atoms with Crippen molar-refractivity contribution in [3.8, 4) is 0 Å². The molecule has 0 saturated carbocycles. The fourth-order valence-electron chi connectivity index (χ4n) is 1.94. The molecule has 0 spiro atoms. The van der Waals surface area contributed by atoms with Crippen LogP contribution in [0.5, 0.6) is 0 Å². The molecule has 0 saturated heterocycles. The normalized spacial score (nSPS) is 10.2. The second-order valence-electron chi connectivity index (χ2n) is 4.63. The molecule has 2 rings (SSSR count). The van der Waals surface area contributed by atoms with Crippen LogP contribution in [0.1, 0.15) is 21.6 Å². The second-order valence-corrected chi connectivity index (χ2v) is 4.63. The van der Waals surface area contributed by atoms with Crippen molar-refractivity contribution in [1.82, 2.24) is 15.5 Å². The number of halogens is 1. The van der Waals surface area contributed by atoms with Crippen molar-refractivity contribution >= 4 is 11.7 Å². The summed E-state index contributed by atoms with van der Waals surface area (Å²) in [6.45, 7) is 2.54. The largest absolute Gasteiger partial charge is 0.368 e. The Morgan fingerprint density at radius 1 is 1.24 bits per heavy atom. The number of nitrogens with one attached hydrogen (secondary N) is 2. The molecule has 1 aromatic carbocycles. The minimum Gasteiger partial charge on any atom is -0.368 e. The Morgan fingerprint density at radius 2 is 2.05 bits per heavy atom. The van der Waals surface area contributed by atoms with Gasteiger partial charge < -0.3 is 10.6 Å². The van der Waals surface area contributed by atoms with Gasteiger partial charge in [0, 0.05) is 13.6 Å². The Labute approximate surface area is 122 Å². The lowest BCUT2D eigenvalue weighted by Crippen LogP contribution is -2.20. The van der Waals surface area contributed by atoms with Crippen molar-refractivity contribution in [2.45, 2.75) is 13.3 Å². The zero-order chi connectivity index (χ0) is 15.2. The smallest absolute Gasteiger partial charge is 0.271 e. The van der Waals surface area contributed by atoms with Crippen LogP contribution >= 0.6 is 0 Å². The van der Waals surface area contributed by atoms with E-state index in [9.17, 15) is 9.18 Å². The lowest BCUT2D eigenvalue weighted by atomic mass is 10.1. The van der Waals surface area contributed by atoms with Gasteiger partial charge in [0.25, 0.3) is 5.91 Å². The average molecular weight is 288 g/mol. The molecule has 2 aromatic rings. The van der Waals surface area contributed by atoms with Crippen LogP contribution < -0.4 is 10.6 Å². The molecule has 6 heteroatoms. The van der Waals surface area contributed by atoms with E-state index >= 15 is 0 Å². The van der Waals surface area contributed by atoms with Crippen molar-refractivity contribution in [2.24, 2.45) is 0 Å². The number of hydrogen-bond donors (Lipinski definition) is 2. The molecule has 5 nitrogen and oxygen atoms in total. The van der Waals surface area contributed by atoms with Crippen LogP contribution in [0, 0.1) is 12.7 Å². The van der Waals surface area contributed by atoms with Crippen molar-refractivity contribution < 1.29 is 9.18 Å². The molecule has 0 aliphatic heterocycles. The summed E-state index contributed by atoms with van der Waals surface area (Å²) in [4.78, 5) is 11.3. The third kappa shape index (κ3) is 3.98. The first-order chi connectivity index (χ1) is 10.1. The summed E-state index contributed by atoms with van der Waals surface area (Å²) in [5, 5.41) is 13.4. The molecule has 0 aliphatic carbocycles. The van der Waals surface area contributed by atoms with Crippen LogP contribution in [0.25, 0.3) is 0 Å².